The van der Waals surface area contributed by atoms with Crippen LogP contribution in [0.1, 0.15) is 27.8 Å². The number of halogens is 2. The lowest BCUT2D eigenvalue weighted by molar-refractivity contribution is -0.127. The van der Waals surface area contributed by atoms with Gasteiger partial charge in [-0.2, -0.15) is 0 Å². The molecule has 0 spiro atoms. The standard InChI is InChI=1S/C30H25Cl2N3O3S/c1-17-11-18(2)28(19(3)12-17)33-27(36)16-35-29(37)26(39-30(35)38)13-20-14-34(25-10-5-4-7-21(20)25)15-22-23(31)8-6-9-24(22)32/h4-14H,15-16H2,1-3H3,(H,33,36)/b26-13-. The highest BCUT2D eigenvalue weighted by Gasteiger charge is 2.36. The molecule has 9 heteroatoms. The van der Waals surface area contributed by atoms with Crippen molar-refractivity contribution in [3.8, 4) is 0 Å². The largest absolute Gasteiger partial charge is 0.342 e. The fraction of sp³-hybridized carbons (Fsp3) is 0.167. The van der Waals surface area contributed by atoms with Crippen LogP contribution in [-0.4, -0.2) is 33.1 Å². The number of benzene rings is 3. The molecule has 4 aromatic rings. The minimum absolute atomic E-state index is 0.258. The van der Waals surface area contributed by atoms with Gasteiger partial charge in [0, 0.05) is 44.0 Å². The zero-order valence-corrected chi connectivity index (χ0v) is 23.9. The van der Waals surface area contributed by atoms with Gasteiger partial charge in [-0.15, -0.1) is 0 Å². The highest BCUT2D eigenvalue weighted by Crippen LogP contribution is 2.35. The summed E-state index contributed by atoms with van der Waals surface area (Å²) in [7, 11) is 0. The van der Waals surface area contributed by atoms with Gasteiger partial charge >= 0.3 is 0 Å². The molecule has 1 aliphatic rings. The quantitative estimate of drug-likeness (QED) is 0.239. The summed E-state index contributed by atoms with van der Waals surface area (Å²) in [4.78, 5) is 40.0. The van der Waals surface area contributed by atoms with Crippen molar-refractivity contribution in [1.29, 1.82) is 0 Å². The van der Waals surface area contributed by atoms with E-state index in [1.807, 2.05) is 67.9 Å². The van der Waals surface area contributed by atoms with E-state index in [1.54, 1.807) is 24.3 Å². The Morgan fingerprint density at radius 3 is 2.33 bits per heavy atom. The van der Waals surface area contributed by atoms with Crippen LogP contribution in [0.25, 0.3) is 17.0 Å². The van der Waals surface area contributed by atoms with Crippen molar-refractivity contribution in [2.24, 2.45) is 0 Å². The predicted molar refractivity (Wildman–Crippen MR) is 159 cm³/mol. The molecule has 3 amide bonds. The Bertz CT molecular complexity index is 1650. The van der Waals surface area contributed by atoms with Crippen molar-refractivity contribution >= 4 is 74.7 Å². The van der Waals surface area contributed by atoms with E-state index in [9.17, 15) is 14.4 Å². The number of fused-ring (bicyclic) bond motifs is 1. The van der Waals surface area contributed by atoms with E-state index in [0.29, 0.717) is 22.3 Å². The molecule has 0 unspecified atom stereocenters. The number of rotatable bonds is 6. The van der Waals surface area contributed by atoms with E-state index in [0.717, 1.165) is 55.4 Å². The second-order valence-corrected chi connectivity index (χ2v) is 11.3. The van der Waals surface area contributed by atoms with Gasteiger partial charge in [-0.05, 0) is 67.9 Å². The van der Waals surface area contributed by atoms with E-state index in [2.05, 4.69) is 5.32 Å². The zero-order valence-electron chi connectivity index (χ0n) is 21.5. The van der Waals surface area contributed by atoms with Crippen LogP contribution in [0.5, 0.6) is 0 Å². The summed E-state index contributed by atoms with van der Waals surface area (Å²) < 4.78 is 2.01. The van der Waals surface area contributed by atoms with Crippen LogP contribution < -0.4 is 5.32 Å². The molecule has 1 aromatic heterocycles. The van der Waals surface area contributed by atoms with E-state index < -0.39 is 17.1 Å². The molecule has 1 fully saturated rings. The monoisotopic (exact) mass is 577 g/mol. The number of hydrogen-bond donors (Lipinski definition) is 1. The Labute approximate surface area is 240 Å². The van der Waals surface area contributed by atoms with Crippen LogP contribution in [-0.2, 0) is 16.1 Å². The molecule has 0 radical (unpaired) electrons. The number of thioether (sulfide) groups is 1. The Morgan fingerprint density at radius 2 is 1.64 bits per heavy atom. The number of anilines is 1. The topological polar surface area (TPSA) is 71.4 Å². The van der Waals surface area contributed by atoms with Crippen molar-refractivity contribution < 1.29 is 14.4 Å². The molecular formula is C30H25Cl2N3O3S. The summed E-state index contributed by atoms with van der Waals surface area (Å²) in [5.74, 6) is -0.926. The second kappa shape index (κ2) is 10.9. The van der Waals surface area contributed by atoms with Crippen molar-refractivity contribution in [1.82, 2.24) is 9.47 Å². The van der Waals surface area contributed by atoms with E-state index >= 15 is 0 Å². The third-order valence-electron chi connectivity index (χ3n) is 6.61. The molecule has 0 saturated carbocycles. The smallest absolute Gasteiger partial charge is 0.294 e. The van der Waals surface area contributed by atoms with Crippen LogP contribution in [0, 0.1) is 20.8 Å². The average molecular weight is 579 g/mol. The minimum Gasteiger partial charge on any atom is -0.342 e. The van der Waals surface area contributed by atoms with Crippen LogP contribution in [0.4, 0.5) is 10.5 Å². The molecule has 0 bridgehead atoms. The van der Waals surface area contributed by atoms with E-state index in [-0.39, 0.29) is 11.4 Å². The molecule has 0 atom stereocenters. The highest BCUT2D eigenvalue weighted by molar-refractivity contribution is 8.18. The van der Waals surface area contributed by atoms with Crippen LogP contribution in [0.3, 0.4) is 0 Å². The van der Waals surface area contributed by atoms with Gasteiger partial charge < -0.3 is 9.88 Å². The van der Waals surface area contributed by atoms with Crippen LogP contribution in [0.15, 0.2) is 65.7 Å². The molecule has 1 N–H and O–H groups in total. The summed E-state index contributed by atoms with van der Waals surface area (Å²) in [6.45, 7) is 5.89. The summed E-state index contributed by atoms with van der Waals surface area (Å²) >= 11 is 13.6. The number of nitrogens with one attached hydrogen (secondary N) is 1. The van der Waals surface area contributed by atoms with E-state index in [4.69, 9.17) is 23.2 Å². The molecule has 39 heavy (non-hydrogen) atoms. The number of aromatic nitrogens is 1. The van der Waals surface area contributed by atoms with E-state index in [1.165, 1.54) is 0 Å². The first-order chi connectivity index (χ1) is 18.6. The van der Waals surface area contributed by atoms with Gasteiger partial charge in [-0.3, -0.25) is 19.3 Å². The molecule has 1 saturated heterocycles. The van der Waals surface area contributed by atoms with Gasteiger partial charge in [0.25, 0.3) is 11.1 Å². The highest BCUT2D eigenvalue weighted by atomic mass is 35.5. The fourth-order valence-electron chi connectivity index (χ4n) is 4.85. The molecule has 5 rings (SSSR count). The van der Waals surface area contributed by atoms with Crippen LogP contribution in [0.2, 0.25) is 10.0 Å². The normalized spacial score (nSPS) is 14.6. The Morgan fingerprint density at radius 1 is 0.974 bits per heavy atom. The lowest BCUT2D eigenvalue weighted by atomic mass is 10.1. The lowest BCUT2D eigenvalue weighted by Gasteiger charge is -2.15. The molecule has 198 valence electrons. The maximum absolute atomic E-state index is 13.2. The first-order valence-electron chi connectivity index (χ1n) is 12.3. The SMILES string of the molecule is Cc1cc(C)c(NC(=O)CN2C(=O)S/C(=C\c3cn(Cc4c(Cl)cccc4Cl)c4ccccc34)C2=O)c(C)c1. The first-order valence-corrected chi connectivity index (χ1v) is 13.8. The Kier molecular flexibility index (Phi) is 7.58. The van der Waals surface area contributed by atoms with Gasteiger partial charge in [0.2, 0.25) is 5.91 Å². The van der Waals surface area contributed by atoms with Gasteiger partial charge in [-0.1, -0.05) is 65.2 Å². The zero-order chi connectivity index (χ0) is 27.8. The summed E-state index contributed by atoms with van der Waals surface area (Å²) in [5.41, 5.74) is 6.12. The van der Waals surface area contributed by atoms with Crippen molar-refractivity contribution in [2.75, 3.05) is 11.9 Å². The number of nitrogens with zero attached hydrogens (tertiary/aromatic N) is 2. The maximum atomic E-state index is 13.2. The number of imide groups is 1. The van der Waals surface area contributed by atoms with Gasteiger partial charge in [-0.25, -0.2) is 0 Å². The van der Waals surface area contributed by atoms with Crippen molar-refractivity contribution in [2.45, 2.75) is 27.3 Å². The fourth-order valence-corrected chi connectivity index (χ4v) is 6.20. The van der Waals surface area contributed by atoms with Crippen molar-refractivity contribution in [3.05, 3.63) is 104 Å². The number of amides is 3. The Balaban J connectivity index is 1.39. The molecule has 2 heterocycles. The molecule has 6 nitrogen and oxygen atoms in total. The van der Waals surface area contributed by atoms with Crippen LogP contribution >= 0.6 is 35.0 Å². The summed E-state index contributed by atoms with van der Waals surface area (Å²) in [6, 6.07) is 17.1. The predicted octanol–water partition coefficient (Wildman–Crippen LogP) is 7.60. The van der Waals surface area contributed by atoms with Crippen molar-refractivity contribution in [3.63, 3.8) is 0 Å². The Hall–Kier alpha value is -3.52. The minimum atomic E-state index is -0.497. The molecule has 3 aromatic carbocycles. The summed E-state index contributed by atoms with van der Waals surface area (Å²) in [6.07, 6.45) is 3.61. The number of para-hydroxylation sites is 1. The average Bonchev–Trinajstić information content (AvgIpc) is 3.35. The second-order valence-electron chi connectivity index (χ2n) is 9.52. The third kappa shape index (κ3) is 5.48. The van der Waals surface area contributed by atoms with Gasteiger partial charge in [0.1, 0.15) is 6.54 Å². The molecule has 0 aliphatic carbocycles. The number of carbonyl (C=O) groups excluding carboxylic acids is 3. The van der Waals surface area contributed by atoms with Gasteiger partial charge in [0.15, 0.2) is 0 Å². The molecule has 1 aliphatic heterocycles. The third-order valence-corrected chi connectivity index (χ3v) is 8.23. The number of hydrogen-bond acceptors (Lipinski definition) is 4. The van der Waals surface area contributed by atoms with Gasteiger partial charge in [0.05, 0.1) is 11.4 Å². The maximum Gasteiger partial charge on any atom is 0.294 e. The molecular weight excluding hydrogens is 553 g/mol. The number of carbonyl (C=O) groups is 3. The summed E-state index contributed by atoms with van der Waals surface area (Å²) in [5, 5.41) is 4.42. The first kappa shape index (κ1) is 27.1. The lowest BCUT2D eigenvalue weighted by Crippen LogP contribution is -2.36. The number of aryl methyl sites for hydroxylation is 3.